The molecule has 0 saturated heterocycles. The summed E-state index contributed by atoms with van der Waals surface area (Å²) in [6.45, 7) is 2.31. The van der Waals surface area contributed by atoms with Crippen molar-refractivity contribution in [2.24, 2.45) is 5.41 Å². The molecule has 0 heterocycles. The Labute approximate surface area is 106 Å². The molecule has 0 spiro atoms. The monoisotopic (exact) mass is 379 g/mol. The molecule has 2 rings (SSSR count). The van der Waals surface area contributed by atoms with Crippen molar-refractivity contribution in [2.45, 2.75) is 32.6 Å². The van der Waals surface area contributed by atoms with Crippen LogP contribution in [0, 0.1) is 5.41 Å². The third-order valence-corrected chi connectivity index (χ3v) is 3.16. The predicted octanol–water partition coefficient (Wildman–Crippen LogP) is 4.17. The second-order valence-corrected chi connectivity index (χ2v) is 4.32. The van der Waals surface area contributed by atoms with E-state index in [1.807, 2.05) is 0 Å². The zero-order valence-corrected chi connectivity index (χ0v) is 11.6. The van der Waals surface area contributed by atoms with Gasteiger partial charge in [0.1, 0.15) is 0 Å². The minimum Gasteiger partial charge on any atom is -0.0882 e. The number of hydrogen-bond acceptors (Lipinski definition) is 0. The van der Waals surface area contributed by atoms with Gasteiger partial charge < -0.3 is 0 Å². The Morgan fingerprint density at radius 2 is 1.67 bits per heavy atom. The Balaban J connectivity index is 0.00000112. The van der Waals surface area contributed by atoms with Crippen LogP contribution < -0.4 is 0 Å². The Morgan fingerprint density at radius 1 is 1.00 bits per heavy atom. The fraction of sp³-hybridized carbons (Fsp3) is 0.429. The minimum absolute atomic E-state index is 0. The van der Waals surface area contributed by atoms with Gasteiger partial charge in [-0.15, -0.1) is 0 Å². The standard InChI is InChI=1S/C14H18.Ir/c1-14(11-7-8-12-14)13-9-5-3-2-4-6-10-13;/h2-3,7-8,10-12H,4-6,9H2,1H3;. The molecular weight excluding hydrogens is 360 g/mol. The van der Waals surface area contributed by atoms with E-state index in [2.05, 4.69) is 49.5 Å². The quantitative estimate of drug-likeness (QED) is 0.601. The van der Waals surface area contributed by atoms with Crippen LogP contribution in [0.3, 0.4) is 0 Å². The van der Waals surface area contributed by atoms with Crippen molar-refractivity contribution >= 4 is 0 Å². The van der Waals surface area contributed by atoms with Gasteiger partial charge in [-0.25, -0.2) is 0 Å². The van der Waals surface area contributed by atoms with Crippen molar-refractivity contribution < 1.29 is 20.1 Å². The van der Waals surface area contributed by atoms with Gasteiger partial charge in [-0.1, -0.05) is 48.1 Å². The molecule has 0 saturated carbocycles. The SMILES string of the molecule is CC1(C2=CCCC=CCC2)C=CC=C1.[Ir]. The van der Waals surface area contributed by atoms with E-state index in [4.69, 9.17) is 0 Å². The Hall–Kier alpha value is -0.391. The van der Waals surface area contributed by atoms with Crippen molar-refractivity contribution in [3.05, 3.63) is 48.1 Å². The summed E-state index contributed by atoms with van der Waals surface area (Å²) in [4.78, 5) is 0. The fourth-order valence-corrected chi connectivity index (χ4v) is 2.20. The van der Waals surface area contributed by atoms with Gasteiger partial charge in [0.05, 0.1) is 0 Å². The first-order valence-corrected chi connectivity index (χ1v) is 5.53. The first-order chi connectivity index (χ1) is 6.81. The van der Waals surface area contributed by atoms with E-state index in [-0.39, 0.29) is 25.5 Å². The van der Waals surface area contributed by atoms with Crippen molar-refractivity contribution in [1.82, 2.24) is 0 Å². The molecule has 0 aromatic rings. The third kappa shape index (κ3) is 3.03. The Kier molecular flexibility index (Phi) is 4.76. The summed E-state index contributed by atoms with van der Waals surface area (Å²) in [7, 11) is 0. The molecule has 0 atom stereocenters. The Morgan fingerprint density at radius 3 is 2.40 bits per heavy atom. The average Bonchev–Trinajstić information content (AvgIpc) is 2.52. The minimum atomic E-state index is 0. The average molecular weight is 379 g/mol. The number of hydrogen-bond donors (Lipinski definition) is 0. The molecule has 2 aliphatic carbocycles. The van der Waals surface area contributed by atoms with Crippen LogP contribution in [0.5, 0.6) is 0 Å². The van der Waals surface area contributed by atoms with E-state index in [1.165, 1.54) is 25.7 Å². The second-order valence-electron chi connectivity index (χ2n) is 4.32. The molecule has 0 N–H and O–H groups in total. The van der Waals surface area contributed by atoms with Crippen LogP contribution in [-0.2, 0) is 20.1 Å². The maximum absolute atomic E-state index is 2.43. The molecule has 2 aliphatic rings. The maximum atomic E-state index is 2.43. The number of allylic oxidation sites excluding steroid dienone is 8. The summed E-state index contributed by atoms with van der Waals surface area (Å²) in [6, 6.07) is 0. The molecule has 0 amide bonds. The van der Waals surface area contributed by atoms with Gasteiger partial charge in [-0.2, -0.15) is 0 Å². The summed E-state index contributed by atoms with van der Waals surface area (Å²) >= 11 is 0. The normalized spacial score (nSPS) is 22.9. The number of rotatable bonds is 1. The molecular formula is C14H18Ir. The van der Waals surface area contributed by atoms with Crippen LogP contribution in [0.1, 0.15) is 32.6 Å². The first-order valence-electron chi connectivity index (χ1n) is 5.53. The first kappa shape index (κ1) is 12.7. The summed E-state index contributed by atoms with van der Waals surface area (Å²) in [6.07, 6.45) is 20.8. The molecule has 15 heavy (non-hydrogen) atoms. The van der Waals surface area contributed by atoms with Gasteiger partial charge in [-0.3, -0.25) is 0 Å². The molecule has 0 nitrogen and oxygen atoms in total. The molecule has 83 valence electrons. The molecule has 0 aliphatic heterocycles. The van der Waals surface area contributed by atoms with Crippen LogP contribution in [0.2, 0.25) is 0 Å². The zero-order chi connectivity index (χ0) is 9.86. The third-order valence-electron chi connectivity index (χ3n) is 3.16. The molecule has 0 bridgehead atoms. The summed E-state index contributed by atoms with van der Waals surface area (Å²) in [5, 5.41) is 0. The Bertz CT molecular complexity index is 306. The fourth-order valence-electron chi connectivity index (χ4n) is 2.20. The predicted molar refractivity (Wildman–Crippen MR) is 62.1 cm³/mol. The van der Waals surface area contributed by atoms with Crippen LogP contribution in [0.15, 0.2) is 48.1 Å². The molecule has 0 unspecified atom stereocenters. The van der Waals surface area contributed by atoms with Crippen LogP contribution >= 0.6 is 0 Å². The van der Waals surface area contributed by atoms with Crippen LogP contribution in [-0.4, -0.2) is 0 Å². The van der Waals surface area contributed by atoms with Crippen molar-refractivity contribution in [3.63, 3.8) is 0 Å². The smallest absolute Gasteiger partial charge is 0.0249 e. The zero-order valence-electron chi connectivity index (χ0n) is 9.20. The van der Waals surface area contributed by atoms with Crippen molar-refractivity contribution in [3.8, 4) is 0 Å². The van der Waals surface area contributed by atoms with Gasteiger partial charge in [0, 0.05) is 25.5 Å². The van der Waals surface area contributed by atoms with E-state index in [1.54, 1.807) is 5.57 Å². The van der Waals surface area contributed by atoms with Gasteiger partial charge in [0.15, 0.2) is 0 Å². The van der Waals surface area contributed by atoms with Crippen LogP contribution in [0.4, 0.5) is 0 Å². The molecule has 1 radical (unpaired) electrons. The summed E-state index contributed by atoms with van der Waals surface area (Å²) in [5.41, 5.74) is 1.80. The molecule has 1 heteroatoms. The van der Waals surface area contributed by atoms with Gasteiger partial charge in [-0.05, 0) is 32.6 Å². The van der Waals surface area contributed by atoms with Gasteiger partial charge in [0.2, 0.25) is 0 Å². The van der Waals surface area contributed by atoms with Crippen molar-refractivity contribution in [1.29, 1.82) is 0 Å². The van der Waals surface area contributed by atoms with Crippen LogP contribution in [0.25, 0.3) is 0 Å². The van der Waals surface area contributed by atoms with Gasteiger partial charge in [0.25, 0.3) is 0 Å². The van der Waals surface area contributed by atoms with E-state index >= 15 is 0 Å². The molecule has 0 aromatic carbocycles. The van der Waals surface area contributed by atoms with E-state index < -0.39 is 0 Å². The van der Waals surface area contributed by atoms with Crippen molar-refractivity contribution in [2.75, 3.05) is 0 Å². The van der Waals surface area contributed by atoms with E-state index in [9.17, 15) is 0 Å². The second kappa shape index (κ2) is 5.63. The molecule has 0 fully saturated rings. The van der Waals surface area contributed by atoms with E-state index in [0.717, 1.165) is 0 Å². The van der Waals surface area contributed by atoms with E-state index in [0.29, 0.717) is 0 Å². The largest absolute Gasteiger partial charge is 0.0882 e. The maximum Gasteiger partial charge on any atom is 0.0249 e. The summed E-state index contributed by atoms with van der Waals surface area (Å²) in [5.74, 6) is 0. The van der Waals surface area contributed by atoms with Gasteiger partial charge >= 0.3 is 0 Å². The summed E-state index contributed by atoms with van der Waals surface area (Å²) < 4.78 is 0. The molecule has 0 aromatic heterocycles. The topological polar surface area (TPSA) is 0 Å².